The third-order valence-electron chi connectivity index (χ3n) is 3.35. The number of rotatable bonds is 6. The van der Waals surface area contributed by atoms with Crippen LogP contribution in [0.3, 0.4) is 0 Å². The highest BCUT2D eigenvalue weighted by Gasteiger charge is 2.29. The minimum absolute atomic E-state index is 0.134. The molecule has 0 saturated carbocycles. The molecule has 4 unspecified atom stereocenters. The second kappa shape index (κ2) is 6.46. The van der Waals surface area contributed by atoms with Gasteiger partial charge >= 0.3 is 0 Å². The molecule has 3 nitrogen and oxygen atoms in total. The highest BCUT2D eigenvalue weighted by atomic mass is 16.5. The lowest BCUT2D eigenvalue weighted by molar-refractivity contribution is 0.119. The summed E-state index contributed by atoms with van der Waals surface area (Å²) in [6, 6.07) is 0.639. The van der Waals surface area contributed by atoms with Gasteiger partial charge in [-0.3, -0.25) is 0 Å². The van der Waals surface area contributed by atoms with E-state index >= 15 is 0 Å². The van der Waals surface area contributed by atoms with E-state index in [0.717, 1.165) is 6.42 Å². The van der Waals surface area contributed by atoms with Crippen molar-refractivity contribution in [3.05, 3.63) is 0 Å². The van der Waals surface area contributed by atoms with E-state index in [2.05, 4.69) is 26.1 Å². The molecule has 1 aliphatic rings. The highest BCUT2D eigenvalue weighted by Crippen LogP contribution is 2.16. The van der Waals surface area contributed by atoms with E-state index in [1.165, 1.54) is 12.8 Å². The molecular formula is C12H25NO2. The Morgan fingerprint density at radius 2 is 2.13 bits per heavy atom. The van der Waals surface area contributed by atoms with Crippen molar-refractivity contribution < 1.29 is 9.84 Å². The molecule has 0 aromatic heterocycles. The molecule has 0 aliphatic carbocycles. The fourth-order valence-corrected chi connectivity index (χ4v) is 2.32. The third kappa shape index (κ3) is 3.74. The molecular weight excluding hydrogens is 190 g/mol. The van der Waals surface area contributed by atoms with Gasteiger partial charge in [0.25, 0.3) is 0 Å². The minimum Gasteiger partial charge on any atom is -0.389 e. The summed E-state index contributed by atoms with van der Waals surface area (Å²) < 4.78 is 5.24. The SMILES string of the molecule is CCCC(C)C(CC)NC1COCC1O. The quantitative estimate of drug-likeness (QED) is 0.706. The maximum atomic E-state index is 9.66. The van der Waals surface area contributed by atoms with E-state index in [0.29, 0.717) is 25.2 Å². The van der Waals surface area contributed by atoms with Gasteiger partial charge in [-0.25, -0.2) is 0 Å². The molecule has 1 rings (SSSR count). The molecule has 2 N–H and O–H groups in total. The summed E-state index contributed by atoms with van der Waals surface area (Å²) in [5, 5.41) is 13.2. The van der Waals surface area contributed by atoms with Crippen molar-refractivity contribution in [1.29, 1.82) is 0 Å². The summed E-state index contributed by atoms with van der Waals surface area (Å²) in [5.74, 6) is 0.674. The first kappa shape index (κ1) is 12.9. The van der Waals surface area contributed by atoms with Crippen LogP contribution in [-0.2, 0) is 4.74 Å². The molecule has 0 radical (unpaired) electrons. The summed E-state index contributed by atoms with van der Waals surface area (Å²) in [5.41, 5.74) is 0. The van der Waals surface area contributed by atoms with Crippen LogP contribution in [-0.4, -0.2) is 36.5 Å². The smallest absolute Gasteiger partial charge is 0.0948 e. The number of aliphatic hydroxyl groups is 1. The van der Waals surface area contributed by atoms with Gasteiger partial charge in [-0.1, -0.05) is 27.2 Å². The molecule has 0 spiro atoms. The van der Waals surface area contributed by atoms with Gasteiger partial charge in [0, 0.05) is 6.04 Å². The second-order valence-electron chi connectivity index (χ2n) is 4.66. The van der Waals surface area contributed by atoms with Crippen LogP contribution in [0, 0.1) is 5.92 Å². The van der Waals surface area contributed by atoms with Crippen molar-refractivity contribution in [2.75, 3.05) is 13.2 Å². The summed E-state index contributed by atoms with van der Waals surface area (Å²) >= 11 is 0. The molecule has 0 aromatic rings. The first-order valence-corrected chi connectivity index (χ1v) is 6.20. The Bertz CT molecular complexity index is 175. The van der Waals surface area contributed by atoms with Crippen molar-refractivity contribution in [2.24, 2.45) is 5.92 Å². The van der Waals surface area contributed by atoms with Gasteiger partial charge in [-0.15, -0.1) is 0 Å². The Morgan fingerprint density at radius 3 is 2.60 bits per heavy atom. The molecule has 90 valence electrons. The molecule has 1 saturated heterocycles. The lowest BCUT2D eigenvalue weighted by Crippen LogP contribution is -2.47. The number of hydrogen-bond donors (Lipinski definition) is 2. The zero-order chi connectivity index (χ0) is 11.3. The Hall–Kier alpha value is -0.120. The topological polar surface area (TPSA) is 41.5 Å². The first-order chi connectivity index (χ1) is 7.19. The van der Waals surface area contributed by atoms with Gasteiger partial charge in [0.15, 0.2) is 0 Å². The fourth-order valence-electron chi connectivity index (χ4n) is 2.32. The standard InChI is InChI=1S/C12H25NO2/c1-4-6-9(3)10(5-2)13-11-7-15-8-12(11)14/h9-14H,4-8H2,1-3H3. The van der Waals surface area contributed by atoms with Crippen LogP contribution in [0.4, 0.5) is 0 Å². The predicted molar refractivity (Wildman–Crippen MR) is 61.9 cm³/mol. The van der Waals surface area contributed by atoms with Crippen LogP contribution in [0.15, 0.2) is 0 Å². The molecule has 0 amide bonds. The van der Waals surface area contributed by atoms with Crippen LogP contribution >= 0.6 is 0 Å². The van der Waals surface area contributed by atoms with Crippen molar-refractivity contribution >= 4 is 0 Å². The number of nitrogens with one attached hydrogen (secondary N) is 1. The van der Waals surface area contributed by atoms with Crippen molar-refractivity contribution in [1.82, 2.24) is 5.32 Å². The molecule has 0 bridgehead atoms. The largest absolute Gasteiger partial charge is 0.389 e. The Kier molecular flexibility index (Phi) is 5.58. The van der Waals surface area contributed by atoms with Crippen LogP contribution < -0.4 is 5.32 Å². The maximum absolute atomic E-state index is 9.66. The van der Waals surface area contributed by atoms with E-state index in [9.17, 15) is 5.11 Å². The van der Waals surface area contributed by atoms with E-state index in [1.807, 2.05) is 0 Å². The minimum atomic E-state index is -0.326. The maximum Gasteiger partial charge on any atom is 0.0948 e. The third-order valence-corrected chi connectivity index (χ3v) is 3.35. The summed E-state index contributed by atoms with van der Waals surface area (Å²) in [4.78, 5) is 0. The number of hydrogen-bond acceptors (Lipinski definition) is 3. The highest BCUT2D eigenvalue weighted by molar-refractivity contribution is 4.85. The van der Waals surface area contributed by atoms with Gasteiger partial charge in [0.2, 0.25) is 0 Å². The second-order valence-corrected chi connectivity index (χ2v) is 4.66. The summed E-state index contributed by atoms with van der Waals surface area (Å²) in [6.45, 7) is 7.84. The average molecular weight is 215 g/mol. The first-order valence-electron chi connectivity index (χ1n) is 6.20. The lowest BCUT2D eigenvalue weighted by Gasteiger charge is -2.28. The Labute approximate surface area is 93.2 Å². The Morgan fingerprint density at radius 1 is 1.40 bits per heavy atom. The van der Waals surface area contributed by atoms with E-state index in [-0.39, 0.29) is 12.1 Å². The zero-order valence-corrected chi connectivity index (χ0v) is 10.2. The average Bonchev–Trinajstić information content (AvgIpc) is 2.61. The molecule has 1 heterocycles. The molecule has 15 heavy (non-hydrogen) atoms. The molecule has 1 aliphatic heterocycles. The van der Waals surface area contributed by atoms with Gasteiger partial charge in [-0.2, -0.15) is 0 Å². The van der Waals surface area contributed by atoms with Crippen molar-refractivity contribution in [2.45, 2.75) is 58.2 Å². The monoisotopic (exact) mass is 215 g/mol. The predicted octanol–water partition coefficient (Wildman–Crippen LogP) is 1.55. The van der Waals surface area contributed by atoms with Crippen LogP contribution in [0.1, 0.15) is 40.0 Å². The number of ether oxygens (including phenoxy) is 1. The van der Waals surface area contributed by atoms with E-state index in [4.69, 9.17) is 4.74 Å². The van der Waals surface area contributed by atoms with Crippen LogP contribution in [0.25, 0.3) is 0 Å². The molecule has 4 atom stereocenters. The Balaban J connectivity index is 2.38. The van der Waals surface area contributed by atoms with E-state index in [1.54, 1.807) is 0 Å². The van der Waals surface area contributed by atoms with Crippen LogP contribution in [0.2, 0.25) is 0 Å². The van der Waals surface area contributed by atoms with Gasteiger partial charge in [0.1, 0.15) is 0 Å². The molecule has 3 heteroatoms. The van der Waals surface area contributed by atoms with Crippen molar-refractivity contribution in [3.63, 3.8) is 0 Å². The number of aliphatic hydroxyl groups excluding tert-OH is 1. The van der Waals surface area contributed by atoms with Crippen LogP contribution in [0.5, 0.6) is 0 Å². The zero-order valence-electron chi connectivity index (χ0n) is 10.2. The van der Waals surface area contributed by atoms with E-state index < -0.39 is 0 Å². The van der Waals surface area contributed by atoms with Crippen molar-refractivity contribution in [3.8, 4) is 0 Å². The normalized spacial score (nSPS) is 30.4. The van der Waals surface area contributed by atoms with Gasteiger partial charge < -0.3 is 15.2 Å². The van der Waals surface area contributed by atoms with Gasteiger partial charge in [0.05, 0.1) is 25.4 Å². The lowest BCUT2D eigenvalue weighted by atomic mass is 9.94. The summed E-state index contributed by atoms with van der Waals surface area (Å²) in [7, 11) is 0. The van der Waals surface area contributed by atoms with Gasteiger partial charge in [-0.05, 0) is 18.8 Å². The summed E-state index contributed by atoms with van der Waals surface area (Å²) in [6.07, 6.45) is 3.26. The molecule has 0 aromatic carbocycles. The molecule has 1 fully saturated rings. The fraction of sp³-hybridized carbons (Fsp3) is 1.00.